The molecule has 0 unspecified atom stereocenters. The van der Waals surface area contributed by atoms with Crippen molar-refractivity contribution in [3.8, 4) is 0 Å². The first-order chi connectivity index (χ1) is 19.9. The highest BCUT2D eigenvalue weighted by atomic mass is 35.5. The smallest absolute Gasteiger partial charge is 0.366 e. The second kappa shape index (κ2) is 14.4. The summed E-state index contributed by atoms with van der Waals surface area (Å²) in [5, 5.41) is 8.86. The Morgan fingerprint density at radius 1 is 0.886 bits per heavy atom. The molecule has 17 heteroatoms. The number of alkyl halides is 6. The lowest BCUT2D eigenvalue weighted by atomic mass is 9.92. The molecular formula is C27H34Cl2F6N8O. The van der Waals surface area contributed by atoms with Gasteiger partial charge in [0, 0.05) is 36.8 Å². The summed E-state index contributed by atoms with van der Waals surface area (Å²) in [7, 11) is 0. The van der Waals surface area contributed by atoms with Crippen LogP contribution in [0.4, 0.5) is 38.1 Å². The first kappa shape index (κ1) is 35.4. The van der Waals surface area contributed by atoms with Crippen LogP contribution in [0.1, 0.15) is 78.9 Å². The Bertz CT molecular complexity index is 1390. The maximum Gasteiger partial charge on any atom is 0.416 e. The van der Waals surface area contributed by atoms with Gasteiger partial charge in [-0.1, -0.05) is 12.8 Å². The van der Waals surface area contributed by atoms with Crippen molar-refractivity contribution in [3.05, 3.63) is 41.2 Å². The summed E-state index contributed by atoms with van der Waals surface area (Å²) in [6.07, 6.45) is -0.567. The molecule has 0 saturated heterocycles. The van der Waals surface area contributed by atoms with Crippen molar-refractivity contribution in [2.24, 2.45) is 5.73 Å². The van der Waals surface area contributed by atoms with Crippen LogP contribution in [-0.2, 0) is 12.4 Å². The Kier molecular flexibility index (Phi) is 11.6. The summed E-state index contributed by atoms with van der Waals surface area (Å²) in [6, 6.07) is 1.39. The van der Waals surface area contributed by atoms with E-state index in [1.54, 1.807) is 6.33 Å². The van der Waals surface area contributed by atoms with Crippen molar-refractivity contribution in [3.63, 3.8) is 0 Å². The lowest BCUT2D eigenvalue weighted by molar-refractivity contribution is -0.143. The predicted molar refractivity (Wildman–Crippen MR) is 158 cm³/mol. The molecule has 5 rings (SSSR count). The molecule has 0 atom stereocenters. The van der Waals surface area contributed by atoms with E-state index in [-0.39, 0.29) is 62.1 Å². The number of nitrogens with zero attached hydrogens (tertiary/aromatic N) is 4. The second-order valence-electron chi connectivity index (χ2n) is 10.9. The minimum atomic E-state index is -5.05. The number of aromatic nitrogens is 4. The monoisotopic (exact) mass is 670 g/mol. The lowest BCUT2D eigenvalue weighted by Crippen LogP contribution is -2.33. The van der Waals surface area contributed by atoms with E-state index < -0.39 is 35.0 Å². The molecule has 244 valence electrons. The molecule has 0 bridgehead atoms. The van der Waals surface area contributed by atoms with Gasteiger partial charge in [0.05, 0.1) is 17.5 Å². The van der Waals surface area contributed by atoms with E-state index >= 15 is 0 Å². The number of hydrogen-bond donors (Lipinski definition) is 4. The number of hydrogen-bond acceptors (Lipinski definition) is 7. The maximum absolute atomic E-state index is 13.2. The Balaban J connectivity index is 0.00000264. The first-order valence-corrected chi connectivity index (χ1v) is 14.0. The summed E-state index contributed by atoms with van der Waals surface area (Å²) >= 11 is 0. The van der Waals surface area contributed by atoms with Crippen molar-refractivity contribution >= 4 is 53.7 Å². The molecule has 0 aliphatic heterocycles. The van der Waals surface area contributed by atoms with E-state index in [0.717, 1.165) is 51.4 Å². The molecule has 2 aliphatic rings. The number of carbonyl (C=O) groups is 1. The zero-order valence-electron chi connectivity index (χ0n) is 23.5. The standard InChI is InChI=1S/C27H32F6N8O.2ClH/c28-26(29,30)16-11-15(12-17(13-16)27(31,32)33)24(42)36-10-9-35-22-21-23(41(14-37-21)20-3-1-2-4-20)40-25(39-22)38-19-7-5-18(34)6-8-19;;/h11-14,18-20H,1-10,34H2,(H,36,42)(H2,35,38,39,40);2*1H/t18-,19-;;. The molecule has 1 aromatic carbocycles. The van der Waals surface area contributed by atoms with Gasteiger partial charge in [-0.3, -0.25) is 4.79 Å². The Morgan fingerprint density at radius 2 is 1.50 bits per heavy atom. The van der Waals surface area contributed by atoms with Crippen LogP contribution < -0.4 is 21.7 Å². The summed E-state index contributed by atoms with van der Waals surface area (Å²) < 4.78 is 81.1. The molecule has 2 aliphatic carbocycles. The topological polar surface area (TPSA) is 123 Å². The van der Waals surface area contributed by atoms with Gasteiger partial charge >= 0.3 is 12.4 Å². The van der Waals surface area contributed by atoms with E-state index in [9.17, 15) is 31.1 Å². The van der Waals surface area contributed by atoms with E-state index in [0.29, 0.717) is 35.1 Å². The molecule has 44 heavy (non-hydrogen) atoms. The molecule has 3 aromatic rings. The van der Waals surface area contributed by atoms with Gasteiger partial charge in [-0.15, -0.1) is 24.8 Å². The minimum absolute atomic E-state index is 0. The third kappa shape index (κ3) is 8.36. The molecule has 2 fully saturated rings. The van der Waals surface area contributed by atoms with Crippen molar-refractivity contribution in [2.75, 3.05) is 23.7 Å². The fourth-order valence-electron chi connectivity index (χ4n) is 5.55. The van der Waals surface area contributed by atoms with E-state index in [1.165, 1.54) is 0 Å². The fourth-order valence-corrected chi connectivity index (χ4v) is 5.55. The SMILES string of the molecule is Cl.Cl.N[C@H]1CC[C@H](Nc2nc(NCCNC(=O)c3cc(C(F)(F)F)cc(C(F)(F)F)c3)c3ncn(C4CCCC4)c3n2)CC1. The molecule has 5 N–H and O–H groups in total. The number of nitrogens with one attached hydrogen (secondary N) is 3. The fraction of sp³-hybridized carbons (Fsp3) is 0.556. The van der Waals surface area contributed by atoms with Crippen LogP contribution in [0, 0.1) is 0 Å². The molecule has 0 spiro atoms. The number of carbonyl (C=O) groups excluding carboxylic acids is 1. The van der Waals surface area contributed by atoms with Gasteiger partial charge in [-0.2, -0.15) is 36.3 Å². The van der Waals surface area contributed by atoms with E-state index in [2.05, 4.69) is 25.9 Å². The van der Waals surface area contributed by atoms with Crippen LogP contribution in [0.3, 0.4) is 0 Å². The highest BCUT2D eigenvalue weighted by molar-refractivity contribution is 5.94. The van der Waals surface area contributed by atoms with Gasteiger partial charge < -0.3 is 26.3 Å². The van der Waals surface area contributed by atoms with Crippen LogP contribution in [0.2, 0.25) is 0 Å². The number of benzene rings is 1. The Morgan fingerprint density at radius 3 is 2.09 bits per heavy atom. The van der Waals surface area contributed by atoms with Gasteiger partial charge in [0.25, 0.3) is 5.91 Å². The Labute approximate surface area is 262 Å². The van der Waals surface area contributed by atoms with Crippen molar-refractivity contribution < 1.29 is 31.1 Å². The number of fused-ring (bicyclic) bond motifs is 1. The quantitative estimate of drug-likeness (QED) is 0.163. The van der Waals surface area contributed by atoms with E-state index in [1.807, 2.05) is 4.57 Å². The van der Waals surface area contributed by atoms with Crippen LogP contribution in [0.15, 0.2) is 24.5 Å². The van der Waals surface area contributed by atoms with Crippen molar-refractivity contribution in [1.29, 1.82) is 0 Å². The zero-order chi connectivity index (χ0) is 30.1. The average Bonchev–Trinajstić information content (AvgIpc) is 3.61. The summed E-state index contributed by atoms with van der Waals surface area (Å²) in [5.74, 6) is -0.248. The molecule has 1 amide bonds. The van der Waals surface area contributed by atoms with Gasteiger partial charge in [0.1, 0.15) is 0 Å². The van der Waals surface area contributed by atoms with Crippen LogP contribution in [0.5, 0.6) is 0 Å². The summed E-state index contributed by atoms with van der Waals surface area (Å²) in [5.41, 5.74) is 3.37. The minimum Gasteiger partial charge on any atom is -0.366 e. The number of imidazole rings is 1. The van der Waals surface area contributed by atoms with Gasteiger partial charge in [-0.05, 0) is 56.7 Å². The predicted octanol–water partition coefficient (Wildman–Crippen LogP) is 6.35. The first-order valence-electron chi connectivity index (χ1n) is 14.0. The molecule has 2 aromatic heterocycles. The number of amides is 1. The number of nitrogens with two attached hydrogens (primary N) is 1. The average molecular weight is 672 g/mol. The Hall–Kier alpha value is -3.04. The van der Waals surface area contributed by atoms with Gasteiger partial charge in [-0.25, -0.2) is 4.98 Å². The second-order valence-corrected chi connectivity index (χ2v) is 10.9. The summed E-state index contributed by atoms with van der Waals surface area (Å²) in [6.45, 7) is -0.0223. The van der Waals surface area contributed by atoms with Crippen molar-refractivity contribution in [1.82, 2.24) is 24.8 Å². The van der Waals surface area contributed by atoms with Crippen LogP contribution >= 0.6 is 24.8 Å². The van der Waals surface area contributed by atoms with Crippen LogP contribution in [0.25, 0.3) is 11.2 Å². The van der Waals surface area contributed by atoms with Gasteiger partial charge in [0.2, 0.25) is 5.95 Å². The lowest BCUT2D eigenvalue weighted by Gasteiger charge is -2.27. The third-order valence-corrected chi connectivity index (χ3v) is 7.80. The highest BCUT2D eigenvalue weighted by Crippen LogP contribution is 2.37. The highest BCUT2D eigenvalue weighted by Gasteiger charge is 2.37. The van der Waals surface area contributed by atoms with Crippen LogP contribution in [-0.4, -0.2) is 50.6 Å². The van der Waals surface area contributed by atoms with E-state index in [4.69, 9.17) is 10.7 Å². The number of rotatable bonds is 8. The van der Waals surface area contributed by atoms with Gasteiger partial charge in [0.15, 0.2) is 17.0 Å². The largest absolute Gasteiger partial charge is 0.416 e. The zero-order valence-corrected chi connectivity index (χ0v) is 25.1. The molecule has 9 nitrogen and oxygen atoms in total. The molecule has 2 saturated carbocycles. The molecule has 2 heterocycles. The molecular weight excluding hydrogens is 637 g/mol. The maximum atomic E-state index is 13.2. The molecule has 0 radical (unpaired) electrons. The number of anilines is 2. The third-order valence-electron chi connectivity index (χ3n) is 7.80. The number of halogens is 8. The van der Waals surface area contributed by atoms with Crippen molar-refractivity contribution in [2.45, 2.75) is 81.8 Å². The summed E-state index contributed by atoms with van der Waals surface area (Å²) in [4.78, 5) is 26.4. The normalized spacial score (nSPS) is 19.2.